The standard InChI is InChI=1S/C13H17BrN2O/c1-9-5-6-10(8-11(9)14)16-13(17)12-4-2-3-7-15-12/h5-6,8,12,15H,2-4,7H2,1H3,(H,16,17). The molecule has 0 radical (unpaired) electrons. The molecule has 0 bridgehead atoms. The maximum Gasteiger partial charge on any atom is 0.241 e. The van der Waals surface area contributed by atoms with Crippen molar-refractivity contribution in [2.75, 3.05) is 11.9 Å². The number of rotatable bonds is 2. The van der Waals surface area contributed by atoms with Crippen LogP contribution in [0.3, 0.4) is 0 Å². The van der Waals surface area contributed by atoms with Gasteiger partial charge in [-0.15, -0.1) is 0 Å². The van der Waals surface area contributed by atoms with Crippen LogP contribution in [0, 0.1) is 6.92 Å². The van der Waals surface area contributed by atoms with Crippen LogP contribution in [0.2, 0.25) is 0 Å². The number of carbonyl (C=O) groups excluding carboxylic acids is 1. The van der Waals surface area contributed by atoms with E-state index < -0.39 is 0 Å². The van der Waals surface area contributed by atoms with Crippen molar-refractivity contribution < 1.29 is 4.79 Å². The molecule has 2 N–H and O–H groups in total. The summed E-state index contributed by atoms with van der Waals surface area (Å²) in [5.41, 5.74) is 2.01. The Morgan fingerprint density at radius 3 is 2.94 bits per heavy atom. The predicted octanol–water partition coefficient (Wildman–Crippen LogP) is 2.84. The van der Waals surface area contributed by atoms with Gasteiger partial charge in [0.1, 0.15) is 0 Å². The summed E-state index contributed by atoms with van der Waals surface area (Å²) in [5, 5.41) is 6.19. The molecule has 0 aliphatic carbocycles. The molecule has 0 spiro atoms. The monoisotopic (exact) mass is 296 g/mol. The van der Waals surface area contributed by atoms with Crippen molar-refractivity contribution in [3.05, 3.63) is 28.2 Å². The number of benzene rings is 1. The third-order valence-corrected chi connectivity index (χ3v) is 3.92. The Morgan fingerprint density at radius 1 is 1.47 bits per heavy atom. The quantitative estimate of drug-likeness (QED) is 0.881. The SMILES string of the molecule is Cc1ccc(NC(=O)C2CCCCN2)cc1Br. The highest BCUT2D eigenvalue weighted by Crippen LogP contribution is 2.21. The summed E-state index contributed by atoms with van der Waals surface area (Å²) in [6.07, 6.45) is 3.22. The van der Waals surface area contributed by atoms with E-state index in [1.54, 1.807) is 0 Å². The summed E-state index contributed by atoms with van der Waals surface area (Å²) >= 11 is 3.47. The van der Waals surface area contributed by atoms with Crippen LogP contribution in [0.25, 0.3) is 0 Å². The van der Waals surface area contributed by atoms with Crippen LogP contribution in [0.15, 0.2) is 22.7 Å². The number of aryl methyl sites for hydroxylation is 1. The average molecular weight is 297 g/mol. The number of carbonyl (C=O) groups is 1. The van der Waals surface area contributed by atoms with Crippen molar-refractivity contribution in [2.24, 2.45) is 0 Å². The van der Waals surface area contributed by atoms with Gasteiger partial charge in [-0.25, -0.2) is 0 Å². The van der Waals surface area contributed by atoms with Gasteiger partial charge in [-0.2, -0.15) is 0 Å². The molecule has 4 heteroatoms. The highest BCUT2D eigenvalue weighted by atomic mass is 79.9. The van der Waals surface area contributed by atoms with Gasteiger partial charge in [-0.05, 0) is 44.0 Å². The molecule has 1 aromatic carbocycles. The third-order valence-electron chi connectivity index (χ3n) is 3.07. The molecule has 3 nitrogen and oxygen atoms in total. The highest BCUT2D eigenvalue weighted by molar-refractivity contribution is 9.10. The van der Waals surface area contributed by atoms with Gasteiger partial charge in [0.25, 0.3) is 0 Å². The molecule has 1 aliphatic rings. The average Bonchev–Trinajstić information content (AvgIpc) is 2.35. The molecular weight excluding hydrogens is 280 g/mol. The van der Waals surface area contributed by atoms with Gasteiger partial charge in [-0.1, -0.05) is 28.4 Å². The second kappa shape index (κ2) is 5.65. The Kier molecular flexibility index (Phi) is 4.18. The first-order chi connectivity index (χ1) is 8.16. The number of hydrogen-bond acceptors (Lipinski definition) is 2. The normalized spacial score (nSPS) is 20.0. The molecule has 1 aliphatic heterocycles. The van der Waals surface area contributed by atoms with Gasteiger partial charge in [0.15, 0.2) is 0 Å². The molecule has 17 heavy (non-hydrogen) atoms. The fourth-order valence-electron chi connectivity index (χ4n) is 1.98. The lowest BCUT2D eigenvalue weighted by atomic mass is 10.0. The van der Waals surface area contributed by atoms with Gasteiger partial charge in [0, 0.05) is 10.2 Å². The summed E-state index contributed by atoms with van der Waals surface area (Å²) in [6.45, 7) is 2.97. The number of nitrogens with one attached hydrogen (secondary N) is 2. The Balaban J connectivity index is 1.99. The summed E-state index contributed by atoms with van der Waals surface area (Å²) in [7, 11) is 0. The van der Waals surface area contributed by atoms with Crippen molar-refractivity contribution in [2.45, 2.75) is 32.2 Å². The minimum atomic E-state index is -0.0381. The zero-order valence-corrected chi connectivity index (χ0v) is 11.5. The van der Waals surface area contributed by atoms with Gasteiger partial charge in [0.05, 0.1) is 6.04 Å². The zero-order chi connectivity index (χ0) is 12.3. The van der Waals surface area contributed by atoms with Crippen molar-refractivity contribution in [3.63, 3.8) is 0 Å². The zero-order valence-electron chi connectivity index (χ0n) is 9.92. The minimum absolute atomic E-state index is 0.0381. The van der Waals surface area contributed by atoms with E-state index in [2.05, 4.69) is 26.6 Å². The summed E-state index contributed by atoms with van der Waals surface area (Å²) in [4.78, 5) is 12.0. The van der Waals surface area contributed by atoms with Crippen molar-refractivity contribution in [1.82, 2.24) is 5.32 Å². The van der Waals surface area contributed by atoms with Crippen molar-refractivity contribution >= 4 is 27.5 Å². The van der Waals surface area contributed by atoms with E-state index >= 15 is 0 Å². The molecule has 1 unspecified atom stereocenters. The molecule has 1 atom stereocenters. The maximum atomic E-state index is 12.0. The molecule has 92 valence electrons. The maximum absolute atomic E-state index is 12.0. The largest absolute Gasteiger partial charge is 0.325 e. The third kappa shape index (κ3) is 3.30. The van der Waals surface area contributed by atoms with E-state index in [9.17, 15) is 4.79 Å². The fraction of sp³-hybridized carbons (Fsp3) is 0.462. The van der Waals surface area contributed by atoms with Crippen molar-refractivity contribution in [3.8, 4) is 0 Å². The van der Waals surface area contributed by atoms with Gasteiger partial charge >= 0.3 is 0 Å². The second-order valence-electron chi connectivity index (χ2n) is 4.46. The van der Waals surface area contributed by atoms with Gasteiger partial charge in [-0.3, -0.25) is 4.79 Å². The lowest BCUT2D eigenvalue weighted by Crippen LogP contribution is -2.43. The molecule has 1 aromatic rings. The molecule has 0 aromatic heterocycles. The smallest absolute Gasteiger partial charge is 0.241 e. The molecule has 1 saturated heterocycles. The fourth-order valence-corrected chi connectivity index (χ4v) is 2.35. The van der Waals surface area contributed by atoms with E-state index in [0.717, 1.165) is 29.5 Å². The Labute approximate surface area is 110 Å². The number of anilines is 1. The second-order valence-corrected chi connectivity index (χ2v) is 5.31. The van der Waals surface area contributed by atoms with Crippen LogP contribution in [-0.2, 0) is 4.79 Å². The number of amides is 1. The predicted molar refractivity (Wildman–Crippen MR) is 73.2 cm³/mol. The van der Waals surface area contributed by atoms with Crippen LogP contribution < -0.4 is 10.6 Å². The number of piperidine rings is 1. The van der Waals surface area contributed by atoms with Crippen LogP contribution >= 0.6 is 15.9 Å². The molecule has 1 heterocycles. The van der Waals surface area contributed by atoms with Crippen LogP contribution in [0.1, 0.15) is 24.8 Å². The molecular formula is C13H17BrN2O. The number of halogens is 1. The molecule has 2 rings (SSSR count). The molecule has 0 saturated carbocycles. The summed E-state index contributed by atoms with van der Waals surface area (Å²) in [5.74, 6) is 0.0699. The lowest BCUT2D eigenvalue weighted by molar-refractivity contribution is -0.118. The summed E-state index contributed by atoms with van der Waals surface area (Å²) < 4.78 is 1.02. The molecule has 1 fully saturated rings. The van der Waals surface area contributed by atoms with E-state index in [-0.39, 0.29) is 11.9 Å². The van der Waals surface area contributed by atoms with E-state index in [0.29, 0.717) is 0 Å². The van der Waals surface area contributed by atoms with Gasteiger partial charge < -0.3 is 10.6 Å². The topological polar surface area (TPSA) is 41.1 Å². The van der Waals surface area contributed by atoms with E-state index in [1.165, 1.54) is 12.0 Å². The first kappa shape index (κ1) is 12.6. The van der Waals surface area contributed by atoms with Crippen LogP contribution in [0.4, 0.5) is 5.69 Å². The first-order valence-corrected chi connectivity index (χ1v) is 6.76. The van der Waals surface area contributed by atoms with Gasteiger partial charge in [0.2, 0.25) is 5.91 Å². The lowest BCUT2D eigenvalue weighted by Gasteiger charge is -2.22. The number of hydrogen-bond donors (Lipinski definition) is 2. The van der Waals surface area contributed by atoms with Crippen molar-refractivity contribution in [1.29, 1.82) is 0 Å². The van der Waals surface area contributed by atoms with E-state index in [1.807, 2.05) is 25.1 Å². The minimum Gasteiger partial charge on any atom is -0.325 e. The Morgan fingerprint density at radius 2 is 2.29 bits per heavy atom. The highest BCUT2D eigenvalue weighted by Gasteiger charge is 2.20. The first-order valence-electron chi connectivity index (χ1n) is 5.97. The Hall–Kier alpha value is -0.870. The Bertz CT molecular complexity index is 414. The van der Waals surface area contributed by atoms with Crippen LogP contribution in [-0.4, -0.2) is 18.5 Å². The molecule has 1 amide bonds. The van der Waals surface area contributed by atoms with Crippen LogP contribution in [0.5, 0.6) is 0 Å². The summed E-state index contributed by atoms with van der Waals surface area (Å²) in [6, 6.07) is 5.83. The van der Waals surface area contributed by atoms with E-state index in [4.69, 9.17) is 0 Å².